The van der Waals surface area contributed by atoms with E-state index in [1.54, 1.807) is 11.3 Å². The van der Waals surface area contributed by atoms with E-state index < -0.39 is 0 Å². The fourth-order valence-corrected chi connectivity index (χ4v) is 2.73. The van der Waals surface area contributed by atoms with Crippen molar-refractivity contribution in [1.82, 2.24) is 15.5 Å². The molecule has 0 spiro atoms. The van der Waals surface area contributed by atoms with Crippen molar-refractivity contribution in [2.75, 3.05) is 6.54 Å². The average Bonchev–Trinajstić information content (AvgIpc) is 3.19. The fourth-order valence-electron chi connectivity index (χ4n) is 2.08. The van der Waals surface area contributed by atoms with Crippen LogP contribution in [0.5, 0.6) is 0 Å². The standard InChI is InChI=1S/C15H22N4O2S/c1-2-3-5-11(10-16)17-13(20)7-8-14-18-15(19-21-14)12-6-4-9-22-12/h4,6,9,11H,2-3,5,7-8,10,16H2,1H3,(H,17,20). The van der Waals surface area contributed by atoms with Crippen molar-refractivity contribution < 1.29 is 9.32 Å². The minimum absolute atomic E-state index is 0.0255. The molecule has 0 aliphatic heterocycles. The molecule has 2 aromatic rings. The topological polar surface area (TPSA) is 94.0 Å². The van der Waals surface area contributed by atoms with Crippen LogP contribution < -0.4 is 11.1 Å². The van der Waals surface area contributed by atoms with E-state index >= 15 is 0 Å². The lowest BCUT2D eigenvalue weighted by Gasteiger charge is -2.15. The molecule has 2 heterocycles. The molecule has 0 bridgehead atoms. The van der Waals surface area contributed by atoms with Gasteiger partial charge >= 0.3 is 0 Å². The first-order valence-corrected chi connectivity index (χ1v) is 8.46. The highest BCUT2D eigenvalue weighted by atomic mass is 32.1. The van der Waals surface area contributed by atoms with Gasteiger partial charge in [-0.25, -0.2) is 0 Å². The summed E-state index contributed by atoms with van der Waals surface area (Å²) in [6.07, 6.45) is 3.85. The summed E-state index contributed by atoms with van der Waals surface area (Å²) in [6, 6.07) is 3.93. The Labute approximate surface area is 134 Å². The van der Waals surface area contributed by atoms with Crippen molar-refractivity contribution in [3.63, 3.8) is 0 Å². The Balaban J connectivity index is 1.78. The molecule has 1 amide bonds. The highest BCUT2D eigenvalue weighted by Gasteiger charge is 2.13. The molecule has 2 aromatic heterocycles. The van der Waals surface area contributed by atoms with Crippen LogP contribution in [0, 0.1) is 0 Å². The third-order valence-electron chi connectivity index (χ3n) is 3.33. The largest absolute Gasteiger partial charge is 0.352 e. The number of aromatic nitrogens is 2. The van der Waals surface area contributed by atoms with Crippen LogP contribution in [0.4, 0.5) is 0 Å². The van der Waals surface area contributed by atoms with Gasteiger partial charge in [-0.2, -0.15) is 4.98 Å². The van der Waals surface area contributed by atoms with Gasteiger partial charge in [-0.05, 0) is 17.9 Å². The van der Waals surface area contributed by atoms with Crippen molar-refractivity contribution in [3.8, 4) is 10.7 Å². The molecule has 0 aromatic carbocycles. The van der Waals surface area contributed by atoms with Gasteiger partial charge in [0.1, 0.15) is 0 Å². The van der Waals surface area contributed by atoms with Gasteiger partial charge in [-0.3, -0.25) is 4.79 Å². The second-order valence-corrected chi connectivity index (χ2v) is 6.08. The molecule has 7 heteroatoms. The number of hydrogen-bond donors (Lipinski definition) is 2. The Morgan fingerprint density at radius 1 is 1.55 bits per heavy atom. The SMILES string of the molecule is CCCCC(CN)NC(=O)CCc1nc(-c2cccs2)no1. The van der Waals surface area contributed by atoms with Gasteiger partial charge in [0.25, 0.3) is 0 Å². The molecule has 3 N–H and O–H groups in total. The van der Waals surface area contributed by atoms with Gasteiger partial charge in [0.2, 0.25) is 17.6 Å². The number of carbonyl (C=O) groups is 1. The fraction of sp³-hybridized carbons (Fsp3) is 0.533. The van der Waals surface area contributed by atoms with Crippen LogP contribution >= 0.6 is 11.3 Å². The number of hydrogen-bond acceptors (Lipinski definition) is 6. The maximum absolute atomic E-state index is 11.9. The summed E-state index contributed by atoms with van der Waals surface area (Å²) in [5.41, 5.74) is 5.67. The zero-order valence-electron chi connectivity index (χ0n) is 12.7. The van der Waals surface area contributed by atoms with Crippen LogP contribution in [0.25, 0.3) is 10.7 Å². The maximum atomic E-state index is 11.9. The Kier molecular flexibility index (Phi) is 6.54. The summed E-state index contributed by atoms with van der Waals surface area (Å²) in [5, 5.41) is 8.84. The number of aryl methyl sites for hydroxylation is 1. The van der Waals surface area contributed by atoms with Crippen molar-refractivity contribution >= 4 is 17.2 Å². The number of thiophene rings is 1. The third-order valence-corrected chi connectivity index (χ3v) is 4.20. The first-order valence-electron chi connectivity index (χ1n) is 7.58. The van der Waals surface area contributed by atoms with Gasteiger partial charge < -0.3 is 15.6 Å². The number of amides is 1. The lowest BCUT2D eigenvalue weighted by molar-refractivity contribution is -0.121. The van der Waals surface area contributed by atoms with E-state index in [0.717, 1.165) is 24.1 Å². The quantitative estimate of drug-likeness (QED) is 0.739. The van der Waals surface area contributed by atoms with Gasteiger partial charge in [0.15, 0.2) is 0 Å². The van der Waals surface area contributed by atoms with Crippen LogP contribution in [-0.4, -0.2) is 28.6 Å². The molecular formula is C15H22N4O2S. The van der Waals surface area contributed by atoms with E-state index in [4.69, 9.17) is 10.3 Å². The van der Waals surface area contributed by atoms with Crippen LogP contribution in [-0.2, 0) is 11.2 Å². The summed E-state index contributed by atoms with van der Waals surface area (Å²) < 4.78 is 5.18. The smallest absolute Gasteiger partial charge is 0.227 e. The van der Waals surface area contributed by atoms with E-state index in [9.17, 15) is 4.79 Å². The highest BCUT2D eigenvalue weighted by Crippen LogP contribution is 2.21. The van der Waals surface area contributed by atoms with Gasteiger partial charge in [0.05, 0.1) is 4.88 Å². The van der Waals surface area contributed by atoms with Crippen LogP contribution in [0.2, 0.25) is 0 Å². The number of nitrogens with zero attached hydrogens (tertiary/aromatic N) is 2. The first kappa shape index (κ1) is 16.6. The van der Waals surface area contributed by atoms with Crippen molar-refractivity contribution in [2.24, 2.45) is 5.73 Å². The predicted octanol–water partition coefficient (Wildman–Crippen LogP) is 2.36. The van der Waals surface area contributed by atoms with Crippen LogP contribution in [0.3, 0.4) is 0 Å². The third kappa shape index (κ3) is 4.92. The van der Waals surface area contributed by atoms with Gasteiger partial charge in [0, 0.05) is 25.4 Å². The molecule has 2 rings (SSSR count). The summed E-state index contributed by atoms with van der Waals surface area (Å²) in [4.78, 5) is 17.2. The molecule has 0 fully saturated rings. The second-order valence-electron chi connectivity index (χ2n) is 5.13. The summed E-state index contributed by atoms with van der Waals surface area (Å²) in [7, 11) is 0. The first-order chi connectivity index (χ1) is 10.7. The van der Waals surface area contributed by atoms with E-state index in [-0.39, 0.29) is 11.9 Å². The molecule has 0 saturated carbocycles. The van der Waals surface area contributed by atoms with E-state index in [2.05, 4.69) is 22.4 Å². The number of unbranched alkanes of at least 4 members (excludes halogenated alkanes) is 1. The van der Waals surface area contributed by atoms with Crippen molar-refractivity contribution in [2.45, 2.75) is 45.1 Å². The molecule has 1 unspecified atom stereocenters. The Bertz CT molecular complexity index is 568. The van der Waals surface area contributed by atoms with Crippen molar-refractivity contribution in [3.05, 3.63) is 23.4 Å². The molecule has 0 radical (unpaired) electrons. The van der Waals surface area contributed by atoms with Crippen LogP contribution in [0.15, 0.2) is 22.0 Å². The normalized spacial score (nSPS) is 12.3. The lowest BCUT2D eigenvalue weighted by atomic mass is 10.1. The van der Waals surface area contributed by atoms with E-state index in [1.165, 1.54) is 0 Å². The predicted molar refractivity (Wildman–Crippen MR) is 86.4 cm³/mol. The van der Waals surface area contributed by atoms with Crippen LogP contribution in [0.1, 0.15) is 38.5 Å². The van der Waals surface area contributed by atoms with E-state index in [1.807, 2.05) is 17.5 Å². The number of carbonyl (C=O) groups excluding carboxylic acids is 1. The zero-order valence-corrected chi connectivity index (χ0v) is 13.6. The summed E-state index contributed by atoms with van der Waals surface area (Å²) in [5.74, 6) is 1.03. The molecule has 120 valence electrons. The minimum atomic E-state index is -0.0255. The Morgan fingerprint density at radius 2 is 2.41 bits per heavy atom. The number of nitrogens with two attached hydrogens (primary N) is 1. The van der Waals surface area contributed by atoms with Gasteiger partial charge in [-0.15, -0.1) is 11.3 Å². The molecule has 0 aliphatic carbocycles. The van der Waals surface area contributed by atoms with Gasteiger partial charge in [-0.1, -0.05) is 31.0 Å². The monoisotopic (exact) mass is 322 g/mol. The maximum Gasteiger partial charge on any atom is 0.227 e. The Hall–Kier alpha value is -1.73. The zero-order chi connectivity index (χ0) is 15.8. The molecule has 0 saturated heterocycles. The molecule has 0 aliphatic rings. The van der Waals surface area contributed by atoms with Crippen molar-refractivity contribution in [1.29, 1.82) is 0 Å². The Morgan fingerprint density at radius 3 is 3.09 bits per heavy atom. The highest BCUT2D eigenvalue weighted by molar-refractivity contribution is 7.13. The molecule has 1 atom stereocenters. The minimum Gasteiger partial charge on any atom is -0.352 e. The summed E-state index contributed by atoms with van der Waals surface area (Å²) >= 11 is 1.55. The van der Waals surface area contributed by atoms with E-state index in [0.29, 0.717) is 31.1 Å². The molecular weight excluding hydrogens is 300 g/mol. The second kappa shape index (κ2) is 8.65. The molecule has 6 nitrogen and oxygen atoms in total. The lowest BCUT2D eigenvalue weighted by Crippen LogP contribution is -2.40. The number of nitrogens with one attached hydrogen (secondary N) is 1. The summed E-state index contributed by atoms with van der Waals surface area (Å²) in [6.45, 7) is 2.59. The molecule has 22 heavy (non-hydrogen) atoms. The number of rotatable bonds is 9. The average molecular weight is 322 g/mol.